The van der Waals surface area contributed by atoms with Gasteiger partial charge in [0.05, 0.1) is 16.5 Å². The SMILES string of the molecule is Cc1ccc([N+](=O)[O-])c2c1NC(c1cccc(Br)c1)C1CC=CC21. The zero-order valence-corrected chi connectivity index (χ0v) is 14.8. The van der Waals surface area contributed by atoms with Crippen molar-refractivity contribution in [3.63, 3.8) is 0 Å². The number of halogens is 1. The predicted octanol–water partition coefficient (Wildman–Crippen LogP) is 5.49. The molecule has 1 aliphatic carbocycles. The number of aryl methyl sites for hydroxylation is 1. The minimum Gasteiger partial charge on any atom is -0.377 e. The van der Waals surface area contributed by atoms with E-state index in [0.717, 1.165) is 27.7 Å². The van der Waals surface area contributed by atoms with E-state index in [-0.39, 0.29) is 22.6 Å². The molecule has 24 heavy (non-hydrogen) atoms. The van der Waals surface area contributed by atoms with Gasteiger partial charge in [0, 0.05) is 22.1 Å². The molecule has 1 N–H and O–H groups in total. The van der Waals surface area contributed by atoms with Crippen LogP contribution in [-0.4, -0.2) is 4.92 Å². The lowest BCUT2D eigenvalue weighted by Gasteiger charge is -2.38. The first-order chi connectivity index (χ1) is 11.6. The Morgan fingerprint density at radius 1 is 1.29 bits per heavy atom. The lowest BCUT2D eigenvalue weighted by atomic mass is 9.76. The number of fused-ring (bicyclic) bond motifs is 3. The lowest BCUT2D eigenvalue weighted by Crippen LogP contribution is -2.30. The van der Waals surface area contributed by atoms with Crippen LogP contribution < -0.4 is 5.32 Å². The van der Waals surface area contributed by atoms with Gasteiger partial charge in [-0.1, -0.05) is 46.3 Å². The van der Waals surface area contributed by atoms with E-state index < -0.39 is 0 Å². The molecule has 3 atom stereocenters. The molecule has 4 nitrogen and oxygen atoms in total. The van der Waals surface area contributed by atoms with E-state index in [4.69, 9.17) is 0 Å². The van der Waals surface area contributed by atoms with E-state index in [1.54, 1.807) is 6.07 Å². The molecule has 0 bridgehead atoms. The summed E-state index contributed by atoms with van der Waals surface area (Å²) >= 11 is 3.55. The summed E-state index contributed by atoms with van der Waals surface area (Å²) in [6, 6.07) is 11.9. The summed E-state index contributed by atoms with van der Waals surface area (Å²) in [6.07, 6.45) is 5.23. The molecule has 0 saturated heterocycles. The van der Waals surface area contributed by atoms with Crippen molar-refractivity contribution in [2.24, 2.45) is 5.92 Å². The number of hydrogen-bond donors (Lipinski definition) is 1. The average molecular weight is 385 g/mol. The highest BCUT2D eigenvalue weighted by atomic mass is 79.9. The van der Waals surface area contributed by atoms with Crippen LogP contribution in [0.15, 0.2) is 53.0 Å². The molecule has 1 aliphatic heterocycles. The van der Waals surface area contributed by atoms with Crippen molar-refractivity contribution in [2.45, 2.75) is 25.3 Å². The summed E-state index contributed by atoms with van der Waals surface area (Å²) in [5.74, 6) is 0.387. The highest BCUT2D eigenvalue weighted by Gasteiger charge is 2.42. The number of hydrogen-bond acceptors (Lipinski definition) is 3. The largest absolute Gasteiger partial charge is 0.377 e. The van der Waals surface area contributed by atoms with Crippen molar-refractivity contribution >= 4 is 27.3 Å². The van der Waals surface area contributed by atoms with E-state index in [9.17, 15) is 10.1 Å². The fourth-order valence-corrected chi connectivity index (χ4v) is 4.44. The van der Waals surface area contributed by atoms with Crippen LogP contribution in [0.2, 0.25) is 0 Å². The van der Waals surface area contributed by atoms with Crippen molar-refractivity contribution in [1.29, 1.82) is 0 Å². The van der Waals surface area contributed by atoms with Gasteiger partial charge in [0.25, 0.3) is 5.69 Å². The molecule has 2 aliphatic rings. The van der Waals surface area contributed by atoms with Gasteiger partial charge in [-0.25, -0.2) is 0 Å². The molecular formula is C19H17BrN2O2. The van der Waals surface area contributed by atoms with Crippen molar-refractivity contribution in [3.05, 3.63) is 79.8 Å². The third-order valence-corrected chi connectivity index (χ3v) is 5.60. The Labute approximate surface area is 148 Å². The third kappa shape index (κ3) is 2.35. The summed E-state index contributed by atoms with van der Waals surface area (Å²) in [6.45, 7) is 2.01. The number of anilines is 1. The number of nitro groups is 1. The number of rotatable bonds is 2. The second kappa shape index (κ2) is 5.74. The Balaban J connectivity index is 1.88. The molecule has 2 aromatic rings. The molecule has 0 fully saturated rings. The zero-order chi connectivity index (χ0) is 16.8. The summed E-state index contributed by atoms with van der Waals surface area (Å²) < 4.78 is 1.05. The zero-order valence-electron chi connectivity index (χ0n) is 13.2. The van der Waals surface area contributed by atoms with Gasteiger partial charge in [-0.15, -0.1) is 0 Å². The van der Waals surface area contributed by atoms with E-state index in [2.05, 4.69) is 45.5 Å². The Morgan fingerprint density at radius 3 is 2.88 bits per heavy atom. The number of nitrogens with one attached hydrogen (secondary N) is 1. The maximum atomic E-state index is 11.5. The highest BCUT2D eigenvalue weighted by Crippen LogP contribution is 2.53. The quantitative estimate of drug-likeness (QED) is 0.422. The summed E-state index contributed by atoms with van der Waals surface area (Å²) in [5, 5.41) is 15.1. The van der Waals surface area contributed by atoms with Crippen LogP contribution in [0.25, 0.3) is 0 Å². The Hall–Kier alpha value is -2.14. The topological polar surface area (TPSA) is 55.2 Å². The minimum atomic E-state index is -0.261. The molecule has 4 rings (SSSR count). The molecule has 0 spiro atoms. The molecular weight excluding hydrogens is 368 g/mol. The molecule has 1 heterocycles. The van der Waals surface area contributed by atoms with Crippen LogP contribution in [0, 0.1) is 23.0 Å². The summed E-state index contributed by atoms with van der Waals surface area (Å²) in [4.78, 5) is 11.3. The Bertz CT molecular complexity index is 862. The van der Waals surface area contributed by atoms with E-state index >= 15 is 0 Å². The molecule has 5 heteroatoms. The Kier molecular flexibility index (Phi) is 3.68. The minimum absolute atomic E-state index is 0.0885. The van der Waals surface area contributed by atoms with E-state index in [1.165, 1.54) is 5.56 Å². The molecule has 0 radical (unpaired) electrons. The summed E-state index contributed by atoms with van der Waals surface area (Å²) in [5.41, 5.74) is 4.23. The normalized spacial score (nSPS) is 24.2. The first-order valence-electron chi connectivity index (χ1n) is 8.03. The summed E-state index contributed by atoms with van der Waals surface area (Å²) in [7, 11) is 0. The van der Waals surface area contributed by atoms with Gasteiger partial charge in [-0.3, -0.25) is 10.1 Å². The Morgan fingerprint density at radius 2 is 2.12 bits per heavy atom. The molecule has 3 unspecified atom stereocenters. The monoisotopic (exact) mass is 384 g/mol. The predicted molar refractivity (Wildman–Crippen MR) is 98.3 cm³/mol. The number of benzene rings is 2. The lowest BCUT2D eigenvalue weighted by molar-refractivity contribution is -0.385. The maximum absolute atomic E-state index is 11.5. The van der Waals surface area contributed by atoms with Crippen LogP contribution in [0.5, 0.6) is 0 Å². The van der Waals surface area contributed by atoms with Crippen LogP contribution in [0.1, 0.15) is 35.1 Å². The van der Waals surface area contributed by atoms with Crippen LogP contribution in [-0.2, 0) is 0 Å². The van der Waals surface area contributed by atoms with Gasteiger partial charge in [0.1, 0.15) is 0 Å². The van der Waals surface area contributed by atoms with Crippen molar-refractivity contribution in [2.75, 3.05) is 5.32 Å². The third-order valence-electron chi connectivity index (χ3n) is 5.11. The van der Waals surface area contributed by atoms with Crippen molar-refractivity contribution < 1.29 is 4.92 Å². The first kappa shape index (κ1) is 15.4. The van der Waals surface area contributed by atoms with Crippen molar-refractivity contribution in [3.8, 4) is 0 Å². The van der Waals surface area contributed by atoms with Gasteiger partial charge < -0.3 is 5.32 Å². The van der Waals surface area contributed by atoms with Gasteiger partial charge in [-0.2, -0.15) is 0 Å². The molecule has 0 aromatic heterocycles. The van der Waals surface area contributed by atoms with Crippen molar-refractivity contribution in [1.82, 2.24) is 0 Å². The standard InChI is InChI=1S/C19H17BrN2O2/c1-11-8-9-16(22(23)24)17-14-6-3-7-15(14)19(21-18(11)17)12-4-2-5-13(20)10-12/h2-6,8-10,14-15,19,21H,7H2,1H3. The second-order valence-electron chi connectivity index (χ2n) is 6.48. The van der Waals surface area contributed by atoms with Crippen LogP contribution in [0.4, 0.5) is 11.4 Å². The van der Waals surface area contributed by atoms with Gasteiger partial charge in [0.2, 0.25) is 0 Å². The van der Waals surface area contributed by atoms with Gasteiger partial charge in [-0.05, 0) is 42.5 Å². The van der Waals surface area contributed by atoms with E-state index in [0.29, 0.717) is 5.92 Å². The maximum Gasteiger partial charge on any atom is 0.275 e. The van der Waals surface area contributed by atoms with Gasteiger partial charge in [0.15, 0.2) is 0 Å². The number of nitro benzene ring substituents is 1. The van der Waals surface area contributed by atoms with Crippen LogP contribution in [0.3, 0.4) is 0 Å². The second-order valence-corrected chi connectivity index (χ2v) is 7.39. The fourth-order valence-electron chi connectivity index (χ4n) is 4.02. The fraction of sp³-hybridized carbons (Fsp3) is 0.263. The highest BCUT2D eigenvalue weighted by molar-refractivity contribution is 9.10. The first-order valence-corrected chi connectivity index (χ1v) is 8.82. The average Bonchev–Trinajstić information content (AvgIpc) is 3.04. The number of allylic oxidation sites excluding steroid dienone is 2. The van der Waals surface area contributed by atoms with Gasteiger partial charge >= 0.3 is 0 Å². The number of nitrogens with zero attached hydrogens (tertiary/aromatic N) is 1. The smallest absolute Gasteiger partial charge is 0.275 e. The molecule has 2 aromatic carbocycles. The molecule has 0 saturated carbocycles. The molecule has 0 amide bonds. The van der Waals surface area contributed by atoms with Crippen LogP contribution >= 0.6 is 15.9 Å². The molecule has 122 valence electrons. The van der Waals surface area contributed by atoms with E-state index in [1.807, 2.05) is 25.1 Å².